The molecule has 0 saturated heterocycles. The molecule has 2 unspecified atom stereocenters. The Labute approximate surface area is 89.3 Å². The lowest BCUT2D eigenvalue weighted by Crippen LogP contribution is -2.47. The quantitative estimate of drug-likeness (QED) is 0.640. The standard InChI is InChI=1S/C8H12F3NO4/c1-4(3-13)2-5(6(14)15)12-7(16)8(9,10)11/h4-5,13H,2-3H2,1H3,(H,12,16)(H,14,15). The van der Waals surface area contributed by atoms with Gasteiger partial charge in [0.15, 0.2) is 0 Å². The predicted molar refractivity (Wildman–Crippen MR) is 46.5 cm³/mol. The highest BCUT2D eigenvalue weighted by Gasteiger charge is 2.40. The molecule has 0 aromatic rings. The largest absolute Gasteiger partial charge is 0.480 e. The van der Waals surface area contributed by atoms with Crippen LogP contribution in [0, 0.1) is 5.92 Å². The molecule has 0 heterocycles. The number of nitrogens with one attached hydrogen (secondary N) is 1. The van der Waals surface area contributed by atoms with Crippen molar-refractivity contribution in [2.45, 2.75) is 25.6 Å². The number of carboxylic acids is 1. The zero-order valence-electron chi connectivity index (χ0n) is 8.41. The summed E-state index contributed by atoms with van der Waals surface area (Å²) in [5, 5.41) is 18.5. The van der Waals surface area contributed by atoms with E-state index in [1.165, 1.54) is 12.2 Å². The van der Waals surface area contributed by atoms with E-state index >= 15 is 0 Å². The average Bonchev–Trinajstić information content (AvgIpc) is 2.14. The van der Waals surface area contributed by atoms with Gasteiger partial charge in [-0.05, 0) is 12.3 Å². The fourth-order valence-electron chi connectivity index (χ4n) is 0.938. The van der Waals surface area contributed by atoms with Crippen LogP contribution in [0.15, 0.2) is 0 Å². The van der Waals surface area contributed by atoms with Crippen molar-refractivity contribution in [3.8, 4) is 0 Å². The van der Waals surface area contributed by atoms with E-state index in [4.69, 9.17) is 10.2 Å². The van der Waals surface area contributed by atoms with Gasteiger partial charge in [-0.15, -0.1) is 0 Å². The molecule has 94 valence electrons. The van der Waals surface area contributed by atoms with Crippen molar-refractivity contribution < 1.29 is 33.0 Å². The van der Waals surface area contributed by atoms with E-state index in [1.54, 1.807) is 0 Å². The Morgan fingerprint density at radius 2 is 1.88 bits per heavy atom. The molecule has 1 amide bonds. The van der Waals surface area contributed by atoms with Gasteiger partial charge in [-0.3, -0.25) is 4.79 Å². The SMILES string of the molecule is CC(CO)CC(NC(=O)C(F)(F)F)C(=O)O. The van der Waals surface area contributed by atoms with Crippen LogP contribution < -0.4 is 5.32 Å². The molecule has 16 heavy (non-hydrogen) atoms. The molecule has 0 aromatic heterocycles. The first-order chi connectivity index (χ1) is 7.18. The van der Waals surface area contributed by atoms with E-state index in [0.717, 1.165) is 0 Å². The maximum absolute atomic E-state index is 11.8. The fraction of sp³-hybridized carbons (Fsp3) is 0.750. The Morgan fingerprint density at radius 1 is 1.38 bits per heavy atom. The molecule has 0 radical (unpaired) electrons. The molecule has 8 heteroatoms. The summed E-state index contributed by atoms with van der Waals surface area (Å²) >= 11 is 0. The summed E-state index contributed by atoms with van der Waals surface area (Å²) in [6.45, 7) is 1.08. The van der Waals surface area contributed by atoms with Crippen molar-refractivity contribution in [3.63, 3.8) is 0 Å². The first-order valence-electron chi connectivity index (χ1n) is 4.39. The van der Waals surface area contributed by atoms with Gasteiger partial charge in [0, 0.05) is 6.61 Å². The number of alkyl halides is 3. The van der Waals surface area contributed by atoms with Crippen LogP contribution in [-0.4, -0.2) is 40.9 Å². The van der Waals surface area contributed by atoms with Crippen LogP contribution in [-0.2, 0) is 9.59 Å². The minimum atomic E-state index is -5.11. The smallest absolute Gasteiger partial charge is 0.471 e. The molecular formula is C8H12F3NO4. The lowest BCUT2D eigenvalue weighted by molar-refractivity contribution is -0.175. The molecule has 0 aliphatic carbocycles. The molecule has 0 saturated carbocycles. The van der Waals surface area contributed by atoms with Gasteiger partial charge < -0.3 is 15.5 Å². The summed E-state index contributed by atoms with van der Waals surface area (Å²) in [5.74, 6) is -4.39. The first kappa shape index (κ1) is 14.7. The fourth-order valence-corrected chi connectivity index (χ4v) is 0.938. The van der Waals surface area contributed by atoms with E-state index in [-0.39, 0.29) is 13.0 Å². The second-order valence-corrected chi connectivity index (χ2v) is 3.39. The molecule has 0 spiro atoms. The van der Waals surface area contributed by atoms with Gasteiger partial charge in [-0.25, -0.2) is 4.79 Å². The third kappa shape index (κ3) is 4.96. The van der Waals surface area contributed by atoms with Crippen LogP contribution in [0.4, 0.5) is 13.2 Å². The summed E-state index contributed by atoms with van der Waals surface area (Å²) in [6.07, 6.45) is -5.39. The maximum atomic E-state index is 11.8. The normalized spacial score (nSPS) is 15.3. The third-order valence-electron chi connectivity index (χ3n) is 1.81. The topological polar surface area (TPSA) is 86.6 Å². The minimum Gasteiger partial charge on any atom is -0.480 e. The second-order valence-electron chi connectivity index (χ2n) is 3.39. The number of carbonyl (C=O) groups excluding carboxylic acids is 1. The Hall–Kier alpha value is -1.31. The van der Waals surface area contributed by atoms with Crippen molar-refractivity contribution in [1.29, 1.82) is 0 Å². The van der Waals surface area contributed by atoms with Crippen LogP contribution in [0.1, 0.15) is 13.3 Å². The van der Waals surface area contributed by atoms with E-state index in [9.17, 15) is 22.8 Å². The van der Waals surface area contributed by atoms with Crippen molar-refractivity contribution in [2.24, 2.45) is 5.92 Å². The summed E-state index contributed by atoms with van der Waals surface area (Å²) < 4.78 is 35.5. The third-order valence-corrected chi connectivity index (χ3v) is 1.81. The zero-order chi connectivity index (χ0) is 12.9. The molecule has 0 aromatic carbocycles. The summed E-state index contributed by atoms with van der Waals surface area (Å²) in [5.41, 5.74) is 0. The number of rotatable bonds is 5. The first-order valence-corrected chi connectivity index (χ1v) is 4.39. The summed E-state index contributed by atoms with van der Waals surface area (Å²) in [7, 11) is 0. The molecule has 2 atom stereocenters. The molecule has 3 N–H and O–H groups in total. The Morgan fingerprint density at radius 3 is 2.19 bits per heavy atom. The van der Waals surface area contributed by atoms with Gasteiger partial charge in [0.2, 0.25) is 0 Å². The molecule has 0 rings (SSSR count). The molecule has 0 aliphatic rings. The van der Waals surface area contributed by atoms with E-state index < -0.39 is 30.0 Å². The Bertz CT molecular complexity index is 266. The van der Waals surface area contributed by atoms with Crippen LogP contribution in [0.3, 0.4) is 0 Å². The van der Waals surface area contributed by atoms with Gasteiger partial charge in [-0.2, -0.15) is 13.2 Å². The molecule has 0 fully saturated rings. The lowest BCUT2D eigenvalue weighted by Gasteiger charge is -2.18. The summed E-state index contributed by atoms with van der Waals surface area (Å²) in [4.78, 5) is 21.0. The lowest BCUT2D eigenvalue weighted by atomic mass is 10.0. The molecular weight excluding hydrogens is 231 g/mol. The maximum Gasteiger partial charge on any atom is 0.471 e. The van der Waals surface area contributed by atoms with Crippen LogP contribution in [0.25, 0.3) is 0 Å². The number of hydrogen-bond acceptors (Lipinski definition) is 3. The number of amides is 1. The molecule has 0 bridgehead atoms. The number of aliphatic hydroxyl groups excluding tert-OH is 1. The van der Waals surface area contributed by atoms with E-state index in [0.29, 0.717) is 0 Å². The van der Waals surface area contributed by atoms with Crippen molar-refractivity contribution in [3.05, 3.63) is 0 Å². The molecule has 0 aliphatic heterocycles. The van der Waals surface area contributed by atoms with Gasteiger partial charge in [-0.1, -0.05) is 6.92 Å². The Balaban J connectivity index is 4.47. The predicted octanol–water partition coefficient (Wildman–Crippen LogP) is 0.137. The van der Waals surface area contributed by atoms with E-state index in [2.05, 4.69) is 0 Å². The number of hydrogen-bond donors (Lipinski definition) is 3. The number of carboxylic acid groups (broad SMARTS) is 1. The second kappa shape index (κ2) is 5.69. The zero-order valence-corrected chi connectivity index (χ0v) is 8.41. The minimum absolute atomic E-state index is 0.270. The van der Waals surface area contributed by atoms with Crippen molar-refractivity contribution in [2.75, 3.05) is 6.61 Å². The number of aliphatic carboxylic acids is 1. The van der Waals surface area contributed by atoms with Gasteiger partial charge in [0.05, 0.1) is 0 Å². The highest BCUT2D eigenvalue weighted by Crippen LogP contribution is 2.15. The summed E-state index contributed by atoms with van der Waals surface area (Å²) in [6, 6.07) is -1.66. The van der Waals surface area contributed by atoms with Crippen molar-refractivity contribution in [1.82, 2.24) is 5.32 Å². The van der Waals surface area contributed by atoms with Gasteiger partial charge in [0.25, 0.3) is 0 Å². The van der Waals surface area contributed by atoms with Crippen LogP contribution in [0.5, 0.6) is 0 Å². The van der Waals surface area contributed by atoms with Crippen molar-refractivity contribution >= 4 is 11.9 Å². The molecule has 5 nitrogen and oxygen atoms in total. The van der Waals surface area contributed by atoms with Crippen LogP contribution >= 0.6 is 0 Å². The number of carbonyl (C=O) groups is 2. The number of halogens is 3. The Kier molecular flexibility index (Phi) is 5.22. The van der Waals surface area contributed by atoms with E-state index in [1.807, 2.05) is 0 Å². The monoisotopic (exact) mass is 243 g/mol. The van der Waals surface area contributed by atoms with Crippen LogP contribution in [0.2, 0.25) is 0 Å². The average molecular weight is 243 g/mol. The highest BCUT2D eigenvalue weighted by molar-refractivity contribution is 5.86. The number of aliphatic hydroxyl groups is 1. The van der Waals surface area contributed by atoms with Gasteiger partial charge in [0.1, 0.15) is 6.04 Å². The highest BCUT2D eigenvalue weighted by atomic mass is 19.4. The van der Waals surface area contributed by atoms with Gasteiger partial charge >= 0.3 is 18.1 Å².